The molecule has 2 unspecified atom stereocenters. The van der Waals surface area contributed by atoms with Crippen LogP contribution in [0.2, 0.25) is 0 Å². The summed E-state index contributed by atoms with van der Waals surface area (Å²) >= 11 is 0. The molecule has 3 aliphatic heterocycles. The van der Waals surface area contributed by atoms with E-state index in [4.69, 9.17) is 4.99 Å². The molecule has 3 amide bonds. The van der Waals surface area contributed by atoms with Gasteiger partial charge in [0.1, 0.15) is 0 Å². The van der Waals surface area contributed by atoms with Gasteiger partial charge in [-0.1, -0.05) is 30.7 Å². The van der Waals surface area contributed by atoms with Crippen molar-refractivity contribution in [3.8, 4) is 0 Å². The summed E-state index contributed by atoms with van der Waals surface area (Å²) in [5.74, 6) is 0.589. The predicted molar refractivity (Wildman–Crippen MR) is 107 cm³/mol. The number of hydrogen-bond acceptors (Lipinski definition) is 5. The Morgan fingerprint density at radius 3 is 2.57 bits per heavy atom. The van der Waals surface area contributed by atoms with Crippen LogP contribution in [-0.4, -0.2) is 63.3 Å². The summed E-state index contributed by atoms with van der Waals surface area (Å²) in [6.07, 6.45) is 2.49. The molecule has 0 N–H and O–H groups in total. The average Bonchev–Trinajstić information content (AvgIpc) is 3.16. The van der Waals surface area contributed by atoms with Crippen LogP contribution in [0.25, 0.3) is 0 Å². The van der Waals surface area contributed by atoms with E-state index in [0.29, 0.717) is 0 Å². The Kier molecular flexibility index (Phi) is 4.40. The first kappa shape index (κ1) is 18.5. The van der Waals surface area contributed by atoms with Crippen molar-refractivity contribution in [2.45, 2.75) is 52.9 Å². The van der Waals surface area contributed by atoms with Crippen LogP contribution < -0.4 is 0 Å². The van der Waals surface area contributed by atoms with Gasteiger partial charge < -0.3 is 14.7 Å². The molecule has 4 rings (SSSR count). The first-order chi connectivity index (χ1) is 13.3. The largest absolute Gasteiger partial charge is 0.328 e. The zero-order chi connectivity index (χ0) is 20.2. The normalized spacial score (nSPS) is 23.9. The number of hydrogen-bond donors (Lipinski definition) is 0. The lowest BCUT2D eigenvalue weighted by atomic mass is 10.0. The van der Waals surface area contributed by atoms with Crippen molar-refractivity contribution in [1.29, 1.82) is 0 Å². The lowest BCUT2D eigenvalue weighted by Gasteiger charge is -2.40. The molecule has 1 saturated heterocycles. The van der Waals surface area contributed by atoms with Crippen LogP contribution >= 0.6 is 0 Å². The van der Waals surface area contributed by atoms with Crippen LogP contribution in [-0.2, 0) is 11.3 Å². The number of allylic oxidation sites excluding steroid dienone is 1. The number of fused-ring (bicyclic) bond motifs is 3. The summed E-state index contributed by atoms with van der Waals surface area (Å²) < 4.78 is 0. The summed E-state index contributed by atoms with van der Waals surface area (Å²) in [7, 11) is 1.73. The van der Waals surface area contributed by atoms with Gasteiger partial charge in [-0.05, 0) is 38.3 Å². The van der Waals surface area contributed by atoms with Gasteiger partial charge in [0.25, 0.3) is 5.91 Å². The number of aliphatic imine (C=N–C) groups is 1. The summed E-state index contributed by atoms with van der Waals surface area (Å²) in [6, 6.07) is 5.32. The summed E-state index contributed by atoms with van der Waals surface area (Å²) in [6.45, 7) is 9.29. The number of guanidine groups is 1. The lowest BCUT2D eigenvalue weighted by molar-refractivity contribution is -0.137. The maximum absolute atomic E-state index is 13.4. The molecule has 28 heavy (non-hydrogen) atoms. The molecule has 0 aromatic heterocycles. The molecule has 1 fully saturated rings. The highest BCUT2D eigenvalue weighted by Gasteiger charge is 2.54. The molecule has 1 aromatic carbocycles. The average molecular weight is 381 g/mol. The Morgan fingerprint density at radius 1 is 1.11 bits per heavy atom. The van der Waals surface area contributed by atoms with Crippen molar-refractivity contribution >= 4 is 17.9 Å². The van der Waals surface area contributed by atoms with Gasteiger partial charge in [-0.25, -0.2) is 9.79 Å². The van der Waals surface area contributed by atoms with Crippen LogP contribution in [0.15, 0.2) is 35.1 Å². The number of carbonyl (C=O) groups is 2. The second kappa shape index (κ2) is 6.65. The molecule has 0 saturated carbocycles. The van der Waals surface area contributed by atoms with E-state index in [1.807, 2.05) is 50.1 Å². The van der Waals surface area contributed by atoms with Crippen LogP contribution in [0.3, 0.4) is 0 Å². The van der Waals surface area contributed by atoms with E-state index in [1.54, 1.807) is 11.9 Å². The fourth-order valence-corrected chi connectivity index (χ4v) is 4.19. The lowest BCUT2D eigenvalue weighted by Crippen LogP contribution is -2.63. The number of nitrogens with zero attached hydrogens (tertiary/aromatic N) is 5. The number of benzene rings is 1. The van der Waals surface area contributed by atoms with Gasteiger partial charge in [-0.3, -0.25) is 9.69 Å². The number of rotatable bonds is 4. The second-order valence-electron chi connectivity index (χ2n) is 7.86. The first-order valence-corrected chi connectivity index (χ1v) is 9.80. The summed E-state index contributed by atoms with van der Waals surface area (Å²) in [4.78, 5) is 38.2. The Bertz CT molecular complexity index is 906. The first-order valence-electron chi connectivity index (χ1n) is 9.80. The molecule has 0 aliphatic carbocycles. The van der Waals surface area contributed by atoms with E-state index in [-0.39, 0.29) is 18.5 Å². The number of carbonyl (C=O) groups excluding carboxylic acids is 2. The fourth-order valence-electron chi connectivity index (χ4n) is 4.19. The minimum Gasteiger partial charge on any atom is -0.315 e. The third-order valence-corrected chi connectivity index (χ3v) is 5.78. The zero-order valence-corrected chi connectivity index (χ0v) is 17.1. The standard InChI is InChI=1S/C21H27N5O2/c1-6-9-24-15(4)11-25-17-18(22-20(24)25)23(5)21(28)26(19(17)27)12-16-10-13(2)7-8-14(16)3/h7-8,10-11,17-18H,6,9,12H2,1-5H3. The molecule has 3 aliphatic rings. The SMILES string of the molecule is CCCN1C(C)=CN2C1=NC1C2C(=O)N(Cc2cc(C)ccc2C)C(=O)N1C. The molecule has 1 aromatic rings. The molecule has 0 radical (unpaired) electrons. The Hall–Kier alpha value is -2.83. The topological polar surface area (TPSA) is 59.5 Å². The molecular weight excluding hydrogens is 354 g/mol. The van der Waals surface area contributed by atoms with E-state index in [0.717, 1.165) is 41.3 Å². The smallest absolute Gasteiger partial charge is 0.315 e. The quantitative estimate of drug-likeness (QED) is 0.805. The third kappa shape index (κ3) is 2.68. The minimum atomic E-state index is -0.500. The zero-order valence-electron chi connectivity index (χ0n) is 17.1. The van der Waals surface area contributed by atoms with Crippen molar-refractivity contribution in [1.82, 2.24) is 19.6 Å². The van der Waals surface area contributed by atoms with Crippen molar-refractivity contribution in [3.05, 3.63) is 46.8 Å². The van der Waals surface area contributed by atoms with Gasteiger partial charge in [0.2, 0.25) is 5.96 Å². The van der Waals surface area contributed by atoms with E-state index >= 15 is 0 Å². The number of amides is 3. The van der Waals surface area contributed by atoms with E-state index in [9.17, 15) is 9.59 Å². The Balaban J connectivity index is 1.65. The van der Waals surface area contributed by atoms with E-state index in [1.165, 1.54) is 4.90 Å². The number of imide groups is 1. The van der Waals surface area contributed by atoms with Crippen LogP contribution in [0.1, 0.15) is 37.0 Å². The molecule has 2 atom stereocenters. The maximum Gasteiger partial charge on any atom is 0.328 e. The van der Waals surface area contributed by atoms with Crippen molar-refractivity contribution in [3.63, 3.8) is 0 Å². The minimum absolute atomic E-state index is 0.185. The Labute approximate surface area is 165 Å². The highest BCUT2D eigenvalue weighted by molar-refractivity contribution is 6.04. The fraction of sp³-hybridized carbons (Fsp3) is 0.476. The van der Waals surface area contributed by atoms with Gasteiger partial charge in [0.05, 0.1) is 6.54 Å². The van der Waals surface area contributed by atoms with Crippen molar-refractivity contribution in [2.24, 2.45) is 4.99 Å². The van der Waals surface area contributed by atoms with Crippen LogP contribution in [0.5, 0.6) is 0 Å². The van der Waals surface area contributed by atoms with E-state index in [2.05, 4.69) is 11.8 Å². The number of aryl methyl sites for hydroxylation is 2. The molecule has 0 spiro atoms. The van der Waals surface area contributed by atoms with E-state index < -0.39 is 12.2 Å². The second-order valence-corrected chi connectivity index (χ2v) is 7.86. The monoisotopic (exact) mass is 381 g/mol. The van der Waals surface area contributed by atoms with Crippen LogP contribution in [0, 0.1) is 13.8 Å². The van der Waals surface area contributed by atoms with Gasteiger partial charge in [-0.2, -0.15) is 0 Å². The summed E-state index contributed by atoms with van der Waals surface area (Å²) in [5.41, 5.74) is 4.26. The van der Waals surface area contributed by atoms with Gasteiger partial charge in [-0.15, -0.1) is 0 Å². The van der Waals surface area contributed by atoms with Crippen LogP contribution in [0.4, 0.5) is 4.79 Å². The predicted octanol–water partition coefficient (Wildman–Crippen LogP) is 2.65. The third-order valence-electron chi connectivity index (χ3n) is 5.78. The Morgan fingerprint density at radius 2 is 1.86 bits per heavy atom. The van der Waals surface area contributed by atoms with Gasteiger partial charge in [0, 0.05) is 25.5 Å². The summed E-state index contributed by atoms with van der Waals surface area (Å²) in [5, 5.41) is 0. The van der Waals surface area contributed by atoms with Crippen molar-refractivity contribution < 1.29 is 9.59 Å². The van der Waals surface area contributed by atoms with Gasteiger partial charge in [0.15, 0.2) is 12.2 Å². The highest BCUT2D eigenvalue weighted by atomic mass is 16.2. The number of urea groups is 1. The molecule has 7 heteroatoms. The van der Waals surface area contributed by atoms with Crippen molar-refractivity contribution in [2.75, 3.05) is 13.6 Å². The molecule has 3 heterocycles. The molecule has 148 valence electrons. The highest BCUT2D eigenvalue weighted by Crippen LogP contribution is 2.34. The molecule has 0 bridgehead atoms. The maximum atomic E-state index is 13.4. The molecular formula is C21H27N5O2. The van der Waals surface area contributed by atoms with Gasteiger partial charge >= 0.3 is 6.03 Å². The number of likely N-dealkylation sites (N-methyl/N-ethyl adjacent to an activating group) is 1. The molecule has 7 nitrogen and oxygen atoms in total.